The third-order valence-corrected chi connectivity index (χ3v) is 6.12. The van der Waals surface area contributed by atoms with Gasteiger partial charge in [-0.15, -0.1) is 0 Å². The van der Waals surface area contributed by atoms with E-state index in [2.05, 4.69) is 9.97 Å². The highest BCUT2D eigenvalue weighted by Gasteiger charge is 2.32. The zero-order chi connectivity index (χ0) is 23.0. The van der Waals surface area contributed by atoms with Gasteiger partial charge < -0.3 is 9.64 Å². The molecule has 4 rings (SSSR count). The Morgan fingerprint density at radius 2 is 1.97 bits per heavy atom. The second-order valence-corrected chi connectivity index (χ2v) is 8.38. The molecule has 8 nitrogen and oxygen atoms in total. The molecule has 1 N–H and O–H groups in total. The molecule has 2 aromatic heterocycles. The fourth-order valence-electron chi connectivity index (χ4n) is 4.39. The molecule has 1 atom stereocenters. The molecule has 1 aliphatic heterocycles. The van der Waals surface area contributed by atoms with Crippen LogP contribution >= 0.6 is 0 Å². The number of pyridine rings is 1. The van der Waals surface area contributed by atoms with Gasteiger partial charge in [0.05, 0.1) is 24.1 Å². The van der Waals surface area contributed by atoms with Crippen molar-refractivity contribution >= 4 is 16.9 Å². The number of H-pyrrole nitrogens is 1. The van der Waals surface area contributed by atoms with Crippen LogP contribution in [0.25, 0.3) is 11.0 Å². The summed E-state index contributed by atoms with van der Waals surface area (Å²) in [5, 5.41) is 0.168. The second-order valence-electron chi connectivity index (χ2n) is 8.38. The van der Waals surface area contributed by atoms with Crippen LogP contribution in [-0.2, 0) is 6.54 Å². The molecule has 0 bridgehead atoms. The Kier molecular flexibility index (Phi) is 5.86. The number of ether oxygens (including phenoxy) is 1. The van der Waals surface area contributed by atoms with Crippen molar-refractivity contribution in [2.24, 2.45) is 0 Å². The number of nitrogens with one attached hydrogen (secondary N) is 1. The van der Waals surface area contributed by atoms with Gasteiger partial charge >= 0.3 is 5.69 Å². The van der Waals surface area contributed by atoms with Gasteiger partial charge in [0.15, 0.2) is 5.65 Å². The predicted molar refractivity (Wildman–Crippen MR) is 122 cm³/mol. The van der Waals surface area contributed by atoms with Crippen LogP contribution in [0.15, 0.2) is 39.9 Å². The van der Waals surface area contributed by atoms with Crippen molar-refractivity contribution in [2.75, 3.05) is 13.7 Å². The lowest BCUT2D eigenvalue weighted by Crippen LogP contribution is -2.35. The molecule has 1 aromatic carbocycles. The summed E-state index contributed by atoms with van der Waals surface area (Å²) in [5.74, 6) is 0.571. The van der Waals surface area contributed by atoms with E-state index in [1.165, 1.54) is 4.57 Å². The number of aryl methyl sites for hydroxylation is 1. The Hall–Kier alpha value is -3.42. The number of hydrogen-bond acceptors (Lipinski definition) is 5. The van der Waals surface area contributed by atoms with Crippen molar-refractivity contribution in [1.82, 2.24) is 19.4 Å². The van der Waals surface area contributed by atoms with Crippen molar-refractivity contribution in [3.63, 3.8) is 0 Å². The molecule has 8 heteroatoms. The Bertz CT molecular complexity index is 1270. The highest BCUT2D eigenvalue weighted by molar-refractivity contribution is 6.05. The summed E-state index contributed by atoms with van der Waals surface area (Å²) < 4.78 is 6.66. The third kappa shape index (κ3) is 3.70. The van der Waals surface area contributed by atoms with Crippen LogP contribution in [0.1, 0.15) is 67.2 Å². The molecule has 0 aliphatic carbocycles. The van der Waals surface area contributed by atoms with Gasteiger partial charge in [-0.2, -0.15) is 0 Å². The first-order chi connectivity index (χ1) is 15.3. The molecule has 1 amide bonds. The van der Waals surface area contributed by atoms with Crippen LogP contribution in [0.3, 0.4) is 0 Å². The first-order valence-corrected chi connectivity index (χ1v) is 11.0. The number of amides is 1. The fraction of sp³-hybridized carbons (Fsp3) is 0.417. The number of methoxy groups -OCH3 is 1. The maximum absolute atomic E-state index is 13.8. The van der Waals surface area contributed by atoms with Crippen LogP contribution < -0.4 is 16.0 Å². The lowest BCUT2D eigenvalue weighted by molar-refractivity contribution is 0.0737. The Morgan fingerprint density at radius 3 is 2.59 bits per heavy atom. The largest absolute Gasteiger partial charge is 0.497 e. The zero-order valence-corrected chi connectivity index (χ0v) is 18.8. The van der Waals surface area contributed by atoms with Crippen molar-refractivity contribution in [2.45, 2.75) is 52.1 Å². The van der Waals surface area contributed by atoms with Gasteiger partial charge in [0.1, 0.15) is 5.75 Å². The summed E-state index contributed by atoms with van der Waals surface area (Å²) in [4.78, 5) is 47.7. The molecule has 1 fully saturated rings. The summed E-state index contributed by atoms with van der Waals surface area (Å²) in [7, 11) is 1.62. The van der Waals surface area contributed by atoms with Gasteiger partial charge in [-0.1, -0.05) is 26.0 Å². The lowest BCUT2D eigenvalue weighted by Gasteiger charge is -2.26. The first-order valence-electron chi connectivity index (χ1n) is 11.0. The topological polar surface area (TPSA) is 97.3 Å². The molecule has 1 saturated heterocycles. The van der Waals surface area contributed by atoms with Crippen molar-refractivity contribution in [3.05, 3.63) is 68.0 Å². The van der Waals surface area contributed by atoms with Crippen LogP contribution in [0, 0.1) is 0 Å². The van der Waals surface area contributed by atoms with Crippen LogP contribution in [-0.4, -0.2) is 39.0 Å². The van der Waals surface area contributed by atoms with E-state index >= 15 is 0 Å². The minimum absolute atomic E-state index is 0.0293. The van der Waals surface area contributed by atoms with Crippen LogP contribution in [0.5, 0.6) is 5.75 Å². The maximum Gasteiger partial charge on any atom is 0.329 e. The molecule has 168 valence electrons. The van der Waals surface area contributed by atoms with Gasteiger partial charge in [0, 0.05) is 18.8 Å². The number of likely N-dealkylation sites (tertiary alicyclic amines) is 1. The molecule has 32 heavy (non-hydrogen) atoms. The SMILES string of the molecule is CCn1c(=O)[nH]c(=O)c2c(C(=O)N3CCC[C@@H]3c3ccc(OC)cc3)cc(C(C)C)nc21. The van der Waals surface area contributed by atoms with Gasteiger partial charge in [-0.25, -0.2) is 9.78 Å². The van der Waals surface area contributed by atoms with Gasteiger partial charge in [-0.05, 0) is 49.4 Å². The fourth-order valence-corrected chi connectivity index (χ4v) is 4.39. The van der Waals surface area contributed by atoms with Crippen molar-refractivity contribution in [3.8, 4) is 5.75 Å². The van der Waals surface area contributed by atoms with E-state index in [1.807, 2.05) is 49.9 Å². The summed E-state index contributed by atoms with van der Waals surface area (Å²) in [6.07, 6.45) is 1.71. The van der Waals surface area contributed by atoms with E-state index < -0.39 is 11.2 Å². The number of carbonyl (C=O) groups excluding carboxylic acids is 1. The smallest absolute Gasteiger partial charge is 0.329 e. The van der Waals surface area contributed by atoms with Crippen LogP contribution in [0.4, 0.5) is 0 Å². The summed E-state index contributed by atoms with van der Waals surface area (Å²) in [6.45, 7) is 6.69. The van der Waals surface area contributed by atoms with E-state index in [-0.39, 0.29) is 28.9 Å². The third-order valence-electron chi connectivity index (χ3n) is 6.12. The molecule has 0 unspecified atom stereocenters. The van der Waals surface area contributed by atoms with Crippen molar-refractivity contribution < 1.29 is 9.53 Å². The first kappa shape index (κ1) is 21.8. The Balaban J connectivity index is 1.87. The number of aromatic nitrogens is 3. The monoisotopic (exact) mass is 436 g/mol. The molecule has 1 aliphatic rings. The van der Waals surface area contributed by atoms with Gasteiger partial charge in [-0.3, -0.25) is 19.1 Å². The standard InChI is InChI=1S/C24H28N4O4/c1-5-27-21-20(22(29)26-24(27)31)17(13-18(25-21)14(2)3)23(30)28-12-6-7-19(28)15-8-10-16(32-4)11-9-15/h8-11,13-14,19H,5-7,12H2,1-4H3,(H,26,29,31)/t19-/m1/s1. The second kappa shape index (κ2) is 8.61. The highest BCUT2D eigenvalue weighted by atomic mass is 16.5. The Labute approximate surface area is 185 Å². The number of nitrogens with zero attached hydrogens (tertiary/aromatic N) is 3. The average Bonchev–Trinajstić information content (AvgIpc) is 3.28. The molecular formula is C24H28N4O4. The number of hydrogen-bond donors (Lipinski definition) is 1. The minimum atomic E-state index is -0.582. The molecule has 0 saturated carbocycles. The summed E-state index contributed by atoms with van der Waals surface area (Å²) in [5.41, 5.74) is 1.15. The highest BCUT2D eigenvalue weighted by Crippen LogP contribution is 2.35. The normalized spacial score (nSPS) is 16.2. The maximum atomic E-state index is 13.8. The van der Waals surface area contributed by atoms with E-state index in [0.29, 0.717) is 24.3 Å². The zero-order valence-electron chi connectivity index (χ0n) is 18.8. The number of carbonyl (C=O) groups is 1. The number of benzene rings is 1. The summed E-state index contributed by atoms with van der Waals surface area (Å²) in [6, 6.07) is 9.34. The molecule has 0 radical (unpaired) electrons. The molecule has 0 spiro atoms. The molecule has 3 heterocycles. The van der Waals surface area contributed by atoms with Gasteiger partial charge in [0.2, 0.25) is 0 Å². The minimum Gasteiger partial charge on any atom is -0.497 e. The number of aromatic amines is 1. The van der Waals surface area contributed by atoms with E-state index in [4.69, 9.17) is 4.74 Å². The van der Waals surface area contributed by atoms with Crippen LogP contribution in [0.2, 0.25) is 0 Å². The predicted octanol–water partition coefficient (Wildman–Crippen LogP) is 3.21. The molecular weight excluding hydrogens is 408 g/mol. The van der Waals surface area contributed by atoms with E-state index in [1.54, 1.807) is 13.2 Å². The van der Waals surface area contributed by atoms with E-state index in [9.17, 15) is 14.4 Å². The van der Waals surface area contributed by atoms with Crippen molar-refractivity contribution in [1.29, 1.82) is 0 Å². The quantitative estimate of drug-likeness (QED) is 0.662. The number of rotatable bonds is 5. The molecule has 3 aromatic rings. The van der Waals surface area contributed by atoms with Gasteiger partial charge in [0.25, 0.3) is 11.5 Å². The Morgan fingerprint density at radius 1 is 1.25 bits per heavy atom. The number of fused-ring (bicyclic) bond motifs is 1. The summed E-state index contributed by atoms with van der Waals surface area (Å²) >= 11 is 0. The van der Waals surface area contributed by atoms with E-state index in [0.717, 1.165) is 24.2 Å². The average molecular weight is 437 g/mol. The lowest BCUT2D eigenvalue weighted by atomic mass is 10.0.